The summed E-state index contributed by atoms with van der Waals surface area (Å²) < 4.78 is 26.6. The largest absolute Gasteiger partial charge is 0.351 e. The van der Waals surface area contributed by atoms with E-state index in [0.717, 1.165) is 12.1 Å². The van der Waals surface area contributed by atoms with E-state index < -0.39 is 29.3 Å². The first-order chi connectivity index (χ1) is 9.32. The molecule has 1 aromatic carbocycles. The van der Waals surface area contributed by atoms with E-state index in [-0.39, 0.29) is 16.5 Å². The van der Waals surface area contributed by atoms with E-state index in [2.05, 4.69) is 10.2 Å². The number of aromatic nitrogens is 2. The molecule has 0 saturated heterocycles. The second-order valence-corrected chi connectivity index (χ2v) is 4.37. The Morgan fingerprint density at radius 2 is 1.90 bits per heavy atom. The molecule has 0 aliphatic carbocycles. The number of carbonyl (C=O) groups excluding carboxylic acids is 1. The molecule has 0 fully saturated rings. The minimum absolute atomic E-state index is 0.0429. The number of benzene rings is 1. The summed E-state index contributed by atoms with van der Waals surface area (Å²) in [5.41, 5.74) is 4.74. The molecular weight excluding hydrogens is 270 g/mol. The quantitative estimate of drug-likeness (QED) is 0.868. The molecule has 8 heteroatoms. The molecule has 2 rings (SSSR count). The molecule has 0 bridgehead atoms. The van der Waals surface area contributed by atoms with Gasteiger partial charge in [0.15, 0.2) is 11.6 Å². The van der Waals surface area contributed by atoms with Crippen LogP contribution in [-0.2, 0) is 0 Å². The van der Waals surface area contributed by atoms with Crippen LogP contribution in [0.2, 0.25) is 0 Å². The van der Waals surface area contributed by atoms with Gasteiger partial charge in [-0.05, 0) is 19.1 Å². The van der Waals surface area contributed by atoms with E-state index in [1.165, 1.54) is 11.9 Å². The lowest BCUT2D eigenvalue weighted by Crippen LogP contribution is -2.35. The molecule has 0 aliphatic heterocycles. The molecule has 1 aromatic heterocycles. The van der Waals surface area contributed by atoms with Crippen LogP contribution in [0.4, 0.5) is 13.6 Å². The van der Waals surface area contributed by atoms with E-state index in [0.29, 0.717) is 0 Å². The van der Waals surface area contributed by atoms with Crippen LogP contribution in [0.25, 0.3) is 10.8 Å². The molecule has 0 aliphatic rings. The summed E-state index contributed by atoms with van der Waals surface area (Å²) in [7, 11) is 1.44. The van der Waals surface area contributed by atoms with Crippen LogP contribution in [-0.4, -0.2) is 28.2 Å². The second kappa shape index (κ2) is 4.87. The average molecular weight is 282 g/mol. The molecule has 6 nitrogen and oxygen atoms in total. The highest BCUT2D eigenvalue weighted by molar-refractivity contribution is 5.84. The lowest BCUT2D eigenvalue weighted by atomic mass is 10.1. The number of halogens is 2. The van der Waals surface area contributed by atoms with Crippen LogP contribution in [0.3, 0.4) is 0 Å². The van der Waals surface area contributed by atoms with Gasteiger partial charge in [-0.3, -0.25) is 4.79 Å². The number of H-pyrrole nitrogens is 1. The number of urea groups is 1. The maximum absolute atomic E-state index is 13.4. The zero-order chi connectivity index (χ0) is 15.0. The predicted octanol–water partition coefficient (Wildman–Crippen LogP) is 1.27. The number of fused-ring (bicyclic) bond motifs is 1. The normalized spacial score (nSPS) is 12.4. The van der Waals surface area contributed by atoms with Crippen molar-refractivity contribution in [3.63, 3.8) is 0 Å². The molecule has 2 aromatic rings. The summed E-state index contributed by atoms with van der Waals surface area (Å²) in [6, 6.07) is 0.358. The average Bonchev–Trinajstić information content (AvgIpc) is 2.40. The molecule has 0 saturated carbocycles. The van der Waals surface area contributed by atoms with Crippen LogP contribution in [0.1, 0.15) is 18.7 Å². The van der Waals surface area contributed by atoms with Crippen LogP contribution in [0, 0.1) is 11.6 Å². The fraction of sp³-hybridized carbons (Fsp3) is 0.250. The number of aromatic amines is 1. The van der Waals surface area contributed by atoms with Gasteiger partial charge in [-0.25, -0.2) is 18.7 Å². The number of hydrogen-bond acceptors (Lipinski definition) is 3. The van der Waals surface area contributed by atoms with Crippen molar-refractivity contribution in [3.8, 4) is 0 Å². The van der Waals surface area contributed by atoms with Gasteiger partial charge >= 0.3 is 6.03 Å². The monoisotopic (exact) mass is 282 g/mol. The van der Waals surface area contributed by atoms with E-state index in [1.807, 2.05) is 0 Å². The van der Waals surface area contributed by atoms with Crippen molar-refractivity contribution >= 4 is 16.8 Å². The summed E-state index contributed by atoms with van der Waals surface area (Å²) in [5, 5.41) is 6.09. The Bertz CT molecular complexity index is 744. The van der Waals surface area contributed by atoms with E-state index in [4.69, 9.17) is 5.73 Å². The number of rotatable bonds is 2. The highest BCUT2D eigenvalue weighted by Gasteiger charge is 2.21. The van der Waals surface area contributed by atoms with Crippen LogP contribution >= 0.6 is 0 Å². The van der Waals surface area contributed by atoms with Crippen LogP contribution in [0.5, 0.6) is 0 Å². The van der Waals surface area contributed by atoms with Crippen LogP contribution < -0.4 is 11.3 Å². The van der Waals surface area contributed by atoms with Crippen molar-refractivity contribution in [1.29, 1.82) is 0 Å². The van der Waals surface area contributed by atoms with Gasteiger partial charge in [-0.15, -0.1) is 0 Å². The van der Waals surface area contributed by atoms with E-state index in [1.54, 1.807) is 6.92 Å². The number of nitrogens with one attached hydrogen (secondary N) is 1. The first kappa shape index (κ1) is 13.9. The molecular formula is C12H12F2N4O2. The molecule has 0 spiro atoms. The third kappa shape index (κ3) is 2.20. The van der Waals surface area contributed by atoms with Gasteiger partial charge < -0.3 is 10.6 Å². The zero-order valence-electron chi connectivity index (χ0n) is 10.8. The van der Waals surface area contributed by atoms with E-state index in [9.17, 15) is 18.4 Å². The van der Waals surface area contributed by atoms with Gasteiger partial charge in [0.1, 0.15) is 0 Å². The minimum atomic E-state index is -1.13. The van der Waals surface area contributed by atoms with Crippen LogP contribution in [0.15, 0.2) is 16.9 Å². The molecule has 3 N–H and O–H groups in total. The number of hydrogen-bond donors (Lipinski definition) is 2. The Kier molecular flexibility index (Phi) is 3.39. The highest BCUT2D eigenvalue weighted by atomic mass is 19.2. The predicted molar refractivity (Wildman–Crippen MR) is 68.0 cm³/mol. The summed E-state index contributed by atoms with van der Waals surface area (Å²) >= 11 is 0. The van der Waals surface area contributed by atoms with Crippen molar-refractivity contribution < 1.29 is 13.6 Å². The standard InChI is InChI=1S/C12H12F2N4O2/c1-5(18(2)12(15)20)10-6-3-8(13)9(14)4-7(6)11(19)17-16-10/h3-5H,1-2H3,(H2,15,20)(H,17,19). The summed E-state index contributed by atoms with van der Waals surface area (Å²) in [6.45, 7) is 1.60. The first-order valence-corrected chi connectivity index (χ1v) is 5.72. The third-order valence-corrected chi connectivity index (χ3v) is 3.18. The Morgan fingerprint density at radius 3 is 2.45 bits per heavy atom. The number of nitrogens with zero attached hydrogens (tertiary/aromatic N) is 2. The van der Waals surface area contributed by atoms with Gasteiger partial charge in [0, 0.05) is 12.4 Å². The fourth-order valence-corrected chi connectivity index (χ4v) is 1.87. The van der Waals surface area contributed by atoms with Crippen molar-refractivity contribution in [3.05, 3.63) is 39.8 Å². The first-order valence-electron chi connectivity index (χ1n) is 5.72. The van der Waals surface area contributed by atoms with Gasteiger partial charge in [-0.1, -0.05) is 0 Å². The molecule has 1 atom stereocenters. The third-order valence-electron chi connectivity index (χ3n) is 3.18. The molecule has 0 radical (unpaired) electrons. The van der Waals surface area contributed by atoms with Crippen molar-refractivity contribution in [1.82, 2.24) is 15.1 Å². The van der Waals surface area contributed by atoms with E-state index >= 15 is 0 Å². The van der Waals surface area contributed by atoms with Gasteiger partial charge in [0.25, 0.3) is 5.56 Å². The van der Waals surface area contributed by atoms with Gasteiger partial charge in [0.2, 0.25) is 0 Å². The molecule has 20 heavy (non-hydrogen) atoms. The SMILES string of the molecule is CC(c1n[nH]c(=O)c2cc(F)c(F)cc12)N(C)C(N)=O. The zero-order valence-corrected chi connectivity index (χ0v) is 10.8. The summed E-state index contributed by atoms with van der Waals surface area (Å²) in [5.74, 6) is -2.23. The smallest absolute Gasteiger partial charge is 0.315 e. The van der Waals surface area contributed by atoms with Crippen molar-refractivity contribution in [2.45, 2.75) is 13.0 Å². The minimum Gasteiger partial charge on any atom is -0.351 e. The summed E-state index contributed by atoms with van der Waals surface area (Å²) in [4.78, 5) is 23.9. The fourth-order valence-electron chi connectivity index (χ4n) is 1.87. The Morgan fingerprint density at radius 1 is 1.35 bits per heavy atom. The Labute approximate surface area is 112 Å². The maximum Gasteiger partial charge on any atom is 0.315 e. The maximum atomic E-state index is 13.4. The second-order valence-electron chi connectivity index (χ2n) is 4.37. The number of primary amides is 1. The highest BCUT2D eigenvalue weighted by Crippen LogP contribution is 2.24. The molecule has 1 unspecified atom stereocenters. The molecule has 106 valence electrons. The van der Waals surface area contributed by atoms with Gasteiger partial charge in [-0.2, -0.15) is 5.10 Å². The summed E-state index contributed by atoms with van der Waals surface area (Å²) in [6.07, 6.45) is 0. The Hall–Kier alpha value is -2.51. The van der Waals surface area contributed by atoms with Crippen molar-refractivity contribution in [2.24, 2.45) is 5.73 Å². The number of nitrogens with two attached hydrogens (primary N) is 1. The topological polar surface area (TPSA) is 92.1 Å². The number of amides is 2. The lowest BCUT2D eigenvalue weighted by molar-refractivity contribution is 0.203. The lowest BCUT2D eigenvalue weighted by Gasteiger charge is -2.23. The van der Waals surface area contributed by atoms with Gasteiger partial charge in [0.05, 0.1) is 17.1 Å². The molecule has 1 heterocycles. The van der Waals surface area contributed by atoms with Crippen molar-refractivity contribution in [2.75, 3.05) is 7.05 Å². The number of carbonyl (C=O) groups is 1. The Balaban J connectivity index is 2.72. The molecule has 2 amide bonds.